The van der Waals surface area contributed by atoms with Crippen molar-refractivity contribution in [3.8, 4) is 11.4 Å². The van der Waals surface area contributed by atoms with E-state index in [1.54, 1.807) is 24.5 Å². The third-order valence-electron chi connectivity index (χ3n) is 5.37. The molecule has 27 heavy (non-hydrogen) atoms. The minimum absolute atomic E-state index is 0.0354. The molecule has 5 rings (SSSR count). The number of carbonyl (C=O) groups is 1. The highest BCUT2D eigenvalue weighted by molar-refractivity contribution is 6.42. The number of nitrogens with zero attached hydrogens (tertiary/aromatic N) is 4. The minimum Gasteiger partial charge on any atom is -0.364 e. The molecule has 0 fully saturated rings. The fourth-order valence-corrected chi connectivity index (χ4v) is 4.24. The summed E-state index contributed by atoms with van der Waals surface area (Å²) in [4.78, 5) is 15.0. The maximum Gasteiger partial charge on any atom is 0.254 e. The predicted molar refractivity (Wildman–Crippen MR) is 101 cm³/mol. The van der Waals surface area contributed by atoms with Crippen LogP contribution in [0, 0.1) is 0 Å². The normalized spacial score (nSPS) is 18.0. The molecule has 0 N–H and O–H groups in total. The van der Waals surface area contributed by atoms with Gasteiger partial charge in [0.2, 0.25) is 0 Å². The van der Waals surface area contributed by atoms with E-state index in [1.165, 1.54) is 0 Å². The summed E-state index contributed by atoms with van der Waals surface area (Å²) in [5, 5.41) is 9.76. The molecule has 6 nitrogen and oxygen atoms in total. The number of fused-ring (bicyclic) bond motifs is 5. The Balaban J connectivity index is 1.54. The second kappa shape index (κ2) is 6.11. The summed E-state index contributed by atoms with van der Waals surface area (Å²) < 4.78 is 7.17. The van der Waals surface area contributed by atoms with Gasteiger partial charge in [-0.05, 0) is 31.5 Å². The van der Waals surface area contributed by atoms with Crippen molar-refractivity contribution in [2.45, 2.75) is 38.9 Å². The number of hydrogen-bond acceptors (Lipinski definition) is 4. The van der Waals surface area contributed by atoms with Gasteiger partial charge >= 0.3 is 0 Å². The number of amides is 1. The number of aromatic nitrogens is 3. The predicted octanol–water partition coefficient (Wildman–Crippen LogP) is 3.99. The van der Waals surface area contributed by atoms with Crippen molar-refractivity contribution in [2.75, 3.05) is 0 Å². The summed E-state index contributed by atoms with van der Waals surface area (Å²) >= 11 is 12.1. The van der Waals surface area contributed by atoms with Gasteiger partial charge in [-0.1, -0.05) is 28.4 Å². The van der Waals surface area contributed by atoms with Gasteiger partial charge in [0.1, 0.15) is 12.0 Å². The van der Waals surface area contributed by atoms with Crippen molar-refractivity contribution < 1.29 is 9.32 Å². The summed E-state index contributed by atoms with van der Waals surface area (Å²) in [5.74, 6) is -0.0668. The molecule has 8 heteroatoms. The Bertz CT molecular complexity index is 1070. The molecule has 0 saturated heterocycles. The Kier molecular flexibility index (Phi) is 3.81. The largest absolute Gasteiger partial charge is 0.364 e. The van der Waals surface area contributed by atoms with Gasteiger partial charge in [-0.15, -0.1) is 0 Å². The Labute approximate surface area is 165 Å². The molecular formula is C19H16Cl2N4O2. The first-order chi connectivity index (χ1) is 13.0. The molecule has 1 atom stereocenters. The zero-order valence-electron chi connectivity index (χ0n) is 14.6. The van der Waals surface area contributed by atoms with Crippen molar-refractivity contribution in [3.63, 3.8) is 0 Å². The fourth-order valence-electron chi connectivity index (χ4n) is 3.94. The van der Waals surface area contributed by atoms with Crippen LogP contribution in [0.4, 0.5) is 0 Å². The number of hydrogen-bond donors (Lipinski definition) is 0. The van der Waals surface area contributed by atoms with Crippen molar-refractivity contribution in [3.05, 3.63) is 56.9 Å². The van der Waals surface area contributed by atoms with Crippen molar-refractivity contribution >= 4 is 29.1 Å². The number of aryl methyl sites for hydroxylation is 2. The Morgan fingerprint density at radius 2 is 2.15 bits per heavy atom. The van der Waals surface area contributed by atoms with Crippen LogP contribution in [0.2, 0.25) is 10.0 Å². The van der Waals surface area contributed by atoms with E-state index in [-0.39, 0.29) is 11.9 Å². The van der Waals surface area contributed by atoms with Crippen LogP contribution in [0.1, 0.15) is 34.1 Å². The fraction of sp³-hybridized carbons (Fsp3) is 0.316. The molecule has 2 aromatic heterocycles. The second-order valence-corrected chi connectivity index (χ2v) is 7.86. The van der Waals surface area contributed by atoms with Gasteiger partial charge in [-0.25, -0.2) is 0 Å². The van der Waals surface area contributed by atoms with Crippen LogP contribution in [0.3, 0.4) is 0 Å². The first-order valence-corrected chi connectivity index (χ1v) is 9.56. The minimum atomic E-state index is -0.0668. The Hall–Kier alpha value is -2.31. The molecule has 3 aromatic rings. The van der Waals surface area contributed by atoms with Gasteiger partial charge in [0, 0.05) is 35.7 Å². The summed E-state index contributed by atoms with van der Waals surface area (Å²) in [7, 11) is 0. The summed E-state index contributed by atoms with van der Waals surface area (Å²) in [5.41, 5.74) is 5.52. The van der Waals surface area contributed by atoms with E-state index in [0.717, 1.165) is 41.2 Å². The van der Waals surface area contributed by atoms with Gasteiger partial charge < -0.3 is 9.42 Å². The quantitative estimate of drug-likeness (QED) is 0.617. The topological polar surface area (TPSA) is 64.2 Å². The number of benzene rings is 1. The molecule has 1 amide bonds. The van der Waals surface area contributed by atoms with Crippen LogP contribution in [0.15, 0.2) is 29.0 Å². The van der Waals surface area contributed by atoms with Crippen LogP contribution in [0.5, 0.6) is 0 Å². The molecule has 4 heterocycles. The molecule has 1 aromatic carbocycles. The zero-order valence-corrected chi connectivity index (χ0v) is 16.1. The van der Waals surface area contributed by atoms with Crippen LogP contribution in [-0.2, 0) is 25.9 Å². The van der Waals surface area contributed by atoms with Crippen molar-refractivity contribution in [1.82, 2.24) is 19.8 Å². The average molecular weight is 403 g/mol. The lowest BCUT2D eigenvalue weighted by Gasteiger charge is -2.33. The lowest BCUT2D eigenvalue weighted by atomic mass is 9.95. The van der Waals surface area contributed by atoms with E-state index in [1.807, 2.05) is 16.5 Å². The summed E-state index contributed by atoms with van der Waals surface area (Å²) in [6, 6.07) is 5.02. The van der Waals surface area contributed by atoms with Crippen LogP contribution in [0.25, 0.3) is 11.4 Å². The summed E-state index contributed by atoms with van der Waals surface area (Å²) in [6.45, 7) is 3.32. The van der Waals surface area contributed by atoms with Gasteiger partial charge in [0.05, 0.1) is 28.0 Å². The third kappa shape index (κ3) is 2.58. The number of rotatable bonds is 1. The van der Waals surface area contributed by atoms with E-state index < -0.39 is 0 Å². The first kappa shape index (κ1) is 16.8. The molecule has 2 aliphatic heterocycles. The number of carbonyl (C=O) groups excluding carboxylic acids is 1. The SMILES string of the molecule is C[C@@H]1Cc2nn3c(c2CN1C(=O)c1ccc(Cl)c(Cl)c1)-c1nocc1CC3. The maximum atomic E-state index is 13.1. The zero-order chi connectivity index (χ0) is 18.7. The van der Waals surface area contributed by atoms with Gasteiger partial charge in [0.15, 0.2) is 0 Å². The van der Waals surface area contributed by atoms with Gasteiger partial charge in [0.25, 0.3) is 5.91 Å². The molecule has 138 valence electrons. The van der Waals surface area contributed by atoms with Crippen molar-refractivity contribution in [2.24, 2.45) is 0 Å². The lowest BCUT2D eigenvalue weighted by molar-refractivity contribution is 0.0658. The smallest absolute Gasteiger partial charge is 0.254 e. The van der Waals surface area contributed by atoms with E-state index >= 15 is 0 Å². The van der Waals surface area contributed by atoms with Gasteiger partial charge in [-0.2, -0.15) is 5.10 Å². The number of halogens is 2. The highest BCUT2D eigenvalue weighted by Crippen LogP contribution is 2.37. The second-order valence-electron chi connectivity index (χ2n) is 7.05. The standard InChI is InChI=1S/C19H16Cl2N4O2/c1-10-6-16-13(18-17-12(9-27-23-17)4-5-25(18)22-16)8-24(10)19(26)11-2-3-14(20)15(21)7-11/h2-3,7,9-10H,4-6,8H2,1H3/t10-/m1/s1. The molecule has 0 spiro atoms. The third-order valence-corrected chi connectivity index (χ3v) is 6.11. The Morgan fingerprint density at radius 1 is 1.30 bits per heavy atom. The lowest BCUT2D eigenvalue weighted by Crippen LogP contribution is -2.42. The monoisotopic (exact) mass is 402 g/mol. The molecule has 0 saturated carbocycles. The highest BCUT2D eigenvalue weighted by Gasteiger charge is 2.35. The van der Waals surface area contributed by atoms with Crippen molar-refractivity contribution in [1.29, 1.82) is 0 Å². The summed E-state index contributed by atoms with van der Waals surface area (Å²) in [6.07, 6.45) is 3.26. The molecule has 0 unspecified atom stereocenters. The Morgan fingerprint density at radius 3 is 2.96 bits per heavy atom. The highest BCUT2D eigenvalue weighted by atomic mass is 35.5. The molecule has 0 aliphatic carbocycles. The van der Waals surface area contributed by atoms with Gasteiger partial charge in [-0.3, -0.25) is 9.48 Å². The molecule has 0 bridgehead atoms. The molecular weight excluding hydrogens is 387 g/mol. The van der Waals surface area contributed by atoms with E-state index in [4.69, 9.17) is 32.8 Å². The first-order valence-electron chi connectivity index (χ1n) is 8.81. The van der Waals surface area contributed by atoms with Crippen LogP contribution in [-0.4, -0.2) is 31.8 Å². The molecule has 2 aliphatic rings. The van der Waals surface area contributed by atoms with E-state index in [9.17, 15) is 4.79 Å². The maximum absolute atomic E-state index is 13.1. The van der Waals surface area contributed by atoms with Crippen LogP contribution >= 0.6 is 23.2 Å². The molecule has 0 radical (unpaired) electrons. The van der Waals surface area contributed by atoms with E-state index in [0.29, 0.717) is 28.6 Å². The van der Waals surface area contributed by atoms with Crippen LogP contribution < -0.4 is 0 Å². The average Bonchev–Trinajstić information content (AvgIpc) is 3.25. The van der Waals surface area contributed by atoms with E-state index in [2.05, 4.69) is 5.16 Å².